The van der Waals surface area contributed by atoms with Crippen LogP contribution < -0.4 is 16.0 Å². The van der Waals surface area contributed by atoms with Gasteiger partial charge in [-0.2, -0.15) is 0 Å². The van der Waals surface area contributed by atoms with Crippen molar-refractivity contribution >= 4 is 23.1 Å². The molecule has 3 rings (SSSR count). The second-order valence-electron chi connectivity index (χ2n) is 5.53. The predicted molar refractivity (Wildman–Crippen MR) is 90.7 cm³/mol. The molecule has 0 aliphatic carbocycles. The van der Waals surface area contributed by atoms with E-state index in [1.165, 1.54) is 12.3 Å². The molecule has 1 saturated heterocycles. The number of carbonyl (C=O) groups excluding carboxylic acids is 1. The molecular formula is C17H19FN4O2. The molecule has 2 aromatic rings. The van der Waals surface area contributed by atoms with Crippen LogP contribution in [0.3, 0.4) is 0 Å². The summed E-state index contributed by atoms with van der Waals surface area (Å²) in [7, 11) is 0. The van der Waals surface area contributed by atoms with Crippen LogP contribution in [0, 0.1) is 5.82 Å². The highest BCUT2D eigenvalue weighted by Gasteiger charge is 2.15. The summed E-state index contributed by atoms with van der Waals surface area (Å²) in [4.78, 5) is 15.8. The van der Waals surface area contributed by atoms with Crippen LogP contribution in [0.15, 0.2) is 42.7 Å². The molecule has 0 bridgehead atoms. The van der Waals surface area contributed by atoms with Crippen molar-refractivity contribution in [3.8, 4) is 0 Å². The van der Waals surface area contributed by atoms with Crippen molar-refractivity contribution in [2.75, 3.05) is 29.1 Å². The number of hydrogen-bond donors (Lipinski definition) is 3. The number of aromatic nitrogens is 1. The van der Waals surface area contributed by atoms with Crippen molar-refractivity contribution < 1.29 is 13.9 Å². The molecule has 0 saturated carbocycles. The van der Waals surface area contributed by atoms with Gasteiger partial charge in [-0.3, -0.25) is 4.98 Å². The maximum atomic E-state index is 14.1. The minimum absolute atomic E-state index is 0.132. The molecule has 1 aliphatic heterocycles. The SMILES string of the molecule is O=C(Nc1cccnc1)Nc1ccc(NC[C@H]2CCCO2)c(F)c1. The molecule has 0 unspecified atom stereocenters. The van der Waals surface area contributed by atoms with Gasteiger partial charge in [0.05, 0.1) is 23.7 Å². The minimum Gasteiger partial charge on any atom is -0.380 e. The molecule has 1 atom stereocenters. The number of hydrogen-bond acceptors (Lipinski definition) is 4. The van der Waals surface area contributed by atoms with Crippen LogP contribution in [-0.4, -0.2) is 30.3 Å². The van der Waals surface area contributed by atoms with Gasteiger partial charge in [-0.1, -0.05) is 0 Å². The first-order chi connectivity index (χ1) is 11.7. The lowest BCUT2D eigenvalue weighted by molar-refractivity contribution is 0.120. The largest absolute Gasteiger partial charge is 0.380 e. The first kappa shape index (κ1) is 16.2. The van der Waals surface area contributed by atoms with E-state index in [0.717, 1.165) is 19.4 Å². The van der Waals surface area contributed by atoms with E-state index in [4.69, 9.17) is 4.74 Å². The van der Waals surface area contributed by atoms with Gasteiger partial charge in [0.15, 0.2) is 0 Å². The van der Waals surface area contributed by atoms with E-state index in [-0.39, 0.29) is 6.10 Å². The molecule has 1 fully saturated rings. The molecule has 7 heteroatoms. The number of ether oxygens (including phenoxy) is 1. The van der Waals surface area contributed by atoms with Gasteiger partial charge in [0.25, 0.3) is 0 Å². The van der Waals surface area contributed by atoms with Gasteiger partial charge in [-0.05, 0) is 43.2 Å². The Kier molecular flexibility index (Phi) is 5.22. The molecule has 1 aromatic heterocycles. The zero-order valence-electron chi connectivity index (χ0n) is 13.1. The van der Waals surface area contributed by atoms with Gasteiger partial charge < -0.3 is 20.7 Å². The number of carbonyl (C=O) groups is 1. The summed E-state index contributed by atoms with van der Waals surface area (Å²) < 4.78 is 19.6. The standard InChI is InChI=1S/C17H19FN4O2/c18-15-9-12(21-17(23)22-13-3-1-7-19-10-13)5-6-16(15)20-11-14-4-2-8-24-14/h1,3,5-7,9-10,14,20H,2,4,8,11H2,(H2,21,22,23)/t14-/m1/s1. The van der Waals surface area contributed by atoms with E-state index in [2.05, 4.69) is 20.9 Å². The lowest BCUT2D eigenvalue weighted by Gasteiger charge is -2.13. The second-order valence-corrected chi connectivity index (χ2v) is 5.53. The molecule has 3 N–H and O–H groups in total. The van der Waals surface area contributed by atoms with E-state index in [1.54, 1.807) is 30.5 Å². The van der Waals surface area contributed by atoms with Gasteiger partial charge in [-0.15, -0.1) is 0 Å². The van der Waals surface area contributed by atoms with Crippen LogP contribution in [0.4, 0.5) is 26.2 Å². The summed E-state index contributed by atoms with van der Waals surface area (Å²) in [6.45, 7) is 1.34. The van der Waals surface area contributed by atoms with Crippen molar-refractivity contribution in [2.45, 2.75) is 18.9 Å². The van der Waals surface area contributed by atoms with Crippen LogP contribution in [0.1, 0.15) is 12.8 Å². The number of amides is 2. The predicted octanol–water partition coefficient (Wildman–Crippen LogP) is 3.46. The lowest BCUT2D eigenvalue weighted by atomic mass is 10.2. The third-order valence-corrected chi connectivity index (χ3v) is 3.69. The van der Waals surface area contributed by atoms with E-state index in [1.807, 2.05) is 0 Å². The Hall–Kier alpha value is -2.67. The Morgan fingerprint density at radius 3 is 2.88 bits per heavy atom. The van der Waals surface area contributed by atoms with Crippen molar-refractivity contribution in [1.82, 2.24) is 4.98 Å². The summed E-state index contributed by atoms with van der Waals surface area (Å²) in [5, 5.41) is 8.24. The summed E-state index contributed by atoms with van der Waals surface area (Å²) >= 11 is 0. The molecule has 0 spiro atoms. The third kappa shape index (κ3) is 4.42. The highest BCUT2D eigenvalue weighted by Crippen LogP contribution is 2.20. The van der Waals surface area contributed by atoms with Crippen LogP contribution in [-0.2, 0) is 4.74 Å². The number of benzene rings is 1. The van der Waals surface area contributed by atoms with Gasteiger partial charge in [0.1, 0.15) is 5.82 Å². The Bertz CT molecular complexity index is 690. The molecule has 1 aromatic carbocycles. The number of pyridine rings is 1. The zero-order valence-corrected chi connectivity index (χ0v) is 13.1. The maximum Gasteiger partial charge on any atom is 0.323 e. The quantitative estimate of drug-likeness (QED) is 0.785. The van der Waals surface area contributed by atoms with Gasteiger partial charge in [0, 0.05) is 25.0 Å². The molecule has 2 amide bonds. The number of anilines is 3. The molecule has 1 aliphatic rings. The Morgan fingerprint density at radius 1 is 1.29 bits per heavy atom. The first-order valence-electron chi connectivity index (χ1n) is 7.84. The molecule has 24 heavy (non-hydrogen) atoms. The number of urea groups is 1. The molecule has 2 heterocycles. The number of nitrogens with one attached hydrogen (secondary N) is 3. The fourth-order valence-electron chi connectivity index (χ4n) is 2.50. The Morgan fingerprint density at radius 2 is 2.17 bits per heavy atom. The highest BCUT2D eigenvalue weighted by atomic mass is 19.1. The number of rotatable bonds is 5. The van der Waals surface area contributed by atoms with Crippen LogP contribution in [0.2, 0.25) is 0 Å². The number of nitrogens with zero attached hydrogens (tertiary/aromatic N) is 1. The van der Waals surface area contributed by atoms with E-state index < -0.39 is 11.8 Å². The normalized spacial score (nSPS) is 16.6. The van der Waals surface area contributed by atoms with E-state index >= 15 is 0 Å². The maximum absolute atomic E-state index is 14.1. The summed E-state index contributed by atoms with van der Waals surface area (Å²) in [6.07, 6.45) is 5.30. The lowest BCUT2D eigenvalue weighted by Crippen LogP contribution is -2.20. The average molecular weight is 330 g/mol. The van der Waals surface area contributed by atoms with Crippen LogP contribution in [0.25, 0.3) is 0 Å². The molecular weight excluding hydrogens is 311 g/mol. The van der Waals surface area contributed by atoms with Crippen LogP contribution >= 0.6 is 0 Å². The van der Waals surface area contributed by atoms with Gasteiger partial charge in [-0.25, -0.2) is 9.18 Å². The van der Waals surface area contributed by atoms with E-state index in [9.17, 15) is 9.18 Å². The van der Waals surface area contributed by atoms with Gasteiger partial charge >= 0.3 is 6.03 Å². The smallest absolute Gasteiger partial charge is 0.323 e. The summed E-state index contributed by atoms with van der Waals surface area (Å²) in [5.74, 6) is -0.424. The monoisotopic (exact) mass is 330 g/mol. The molecule has 0 radical (unpaired) electrons. The second kappa shape index (κ2) is 7.74. The first-order valence-corrected chi connectivity index (χ1v) is 7.84. The fraction of sp³-hybridized carbons (Fsp3) is 0.294. The van der Waals surface area contributed by atoms with Gasteiger partial charge in [0.2, 0.25) is 0 Å². The Labute approximate surface area is 139 Å². The van der Waals surface area contributed by atoms with E-state index in [0.29, 0.717) is 23.6 Å². The Balaban J connectivity index is 1.54. The van der Waals surface area contributed by atoms with Crippen molar-refractivity contribution in [3.63, 3.8) is 0 Å². The highest BCUT2D eigenvalue weighted by molar-refractivity contribution is 5.99. The van der Waals surface area contributed by atoms with Crippen molar-refractivity contribution in [1.29, 1.82) is 0 Å². The number of halogens is 1. The molecule has 126 valence electrons. The summed E-state index contributed by atoms with van der Waals surface area (Å²) in [6, 6.07) is 7.49. The third-order valence-electron chi connectivity index (χ3n) is 3.69. The van der Waals surface area contributed by atoms with Crippen molar-refractivity contribution in [3.05, 3.63) is 48.5 Å². The van der Waals surface area contributed by atoms with Crippen LogP contribution in [0.5, 0.6) is 0 Å². The topological polar surface area (TPSA) is 75.3 Å². The molecule has 6 nitrogen and oxygen atoms in total. The summed E-state index contributed by atoms with van der Waals surface area (Å²) in [5.41, 5.74) is 1.32. The fourth-order valence-corrected chi connectivity index (χ4v) is 2.50. The average Bonchev–Trinajstić information content (AvgIpc) is 3.08. The minimum atomic E-state index is -0.456. The van der Waals surface area contributed by atoms with Crippen molar-refractivity contribution in [2.24, 2.45) is 0 Å². The zero-order chi connectivity index (χ0) is 16.8.